The zero-order valence-electron chi connectivity index (χ0n) is 18.3. The van der Waals surface area contributed by atoms with E-state index < -0.39 is 0 Å². The van der Waals surface area contributed by atoms with Crippen LogP contribution in [0, 0.1) is 5.92 Å². The minimum atomic E-state index is 0.156. The van der Waals surface area contributed by atoms with Gasteiger partial charge in [-0.1, -0.05) is 36.4 Å². The van der Waals surface area contributed by atoms with Gasteiger partial charge in [-0.15, -0.1) is 11.3 Å². The molecule has 5 nitrogen and oxygen atoms in total. The maximum atomic E-state index is 5.67. The molecule has 2 aromatic carbocycles. The molecule has 0 saturated carbocycles. The molecular formula is C27H26N4OS. The van der Waals surface area contributed by atoms with Crippen LogP contribution < -0.4 is 5.32 Å². The maximum Gasteiger partial charge on any atom is 0.124 e. The van der Waals surface area contributed by atoms with Crippen molar-refractivity contribution in [3.63, 3.8) is 0 Å². The summed E-state index contributed by atoms with van der Waals surface area (Å²) in [6.45, 7) is 1.69. The summed E-state index contributed by atoms with van der Waals surface area (Å²) in [6.07, 6.45) is 5.10. The van der Waals surface area contributed by atoms with E-state index in [-0.39, 0.29) is 12.1 Å². The third kappa shape index (κ3) is 3.24. The van der Waals surface area contributed by atoms with E-state index in [0.717, 1.165) is 44.0 Å². The Hall–Kier alpha value is -2.93. The average Bonchev–Trinajstić information content (AvgIpc) is 3.60. The lowest BCUT2D eigenvalue weighted by Crippen LogP contribution is -2.39. The molecule has 0 unspecified atom stereocenters. The SMILES string of the molecule is c1ccc2c3c([nH]c2c1)[C@@H](C1CCOCC1)N[C@@H](c1ncc(-c2csc4ccccc24)[nH]1)C3. The van der Waals surface area contributed by atoms with Crippen LogP contribution in [0.25, 0.3) is 32.2 Å². The number of thiophene rings is 1. The fraction of sp³-hybridized carbons (Fsp3) is 0.296. The number of imidazole rings is 1. The van der Waals surface area contributed by atoms with E-state index in [1.165, 1.54) is 37.8 Å². The van der Waals surface area contributed by atoms with E-state index in [2.05, 4.69) is 69.2 Å². The number of para-hydroxylation sites is 1. The van der Waals surface area contributed by atoms with Crippen LogP contribution in [0.1, 0.15) is 42.0 Å². The molecule has 2 atom stereocenters. The molecule has 7 rings (SSSR count). The van der Waals surface area contributed by atoms with Crippen LogP contribution >= 0.6 is 11.3 Å². The Balaban J connectivity index is 1.28. The third-order valence-electron chi connectivity index (χ3n) is 7.38. The monoisotopic (exact) mass is 454 g/mol. The second-order valence-corrected chi connectivity index (χ2v) is 10.2. The number of H-pyrrole nitrogens is 2. The second-order valence-electron chi connectivity index (χ2n) is 9.24. The van der Waals surface area contributed by atoms with Crippen molar-refractivity contribution < 1.29 is 4.74 Å². The van der Waals surface area contributed by atoms with Gasteiger partial charge in [0.05, 0.1) is 24.0 Å². The van der Waals surface area contributed by atoms with Gasteiger partial charge in [0, 0.05) is 50.8 Å². The van der Waals surface area contributed by atoms with E-state index in [4.69, 9.17) is 9.72 Å². The molecule has 0 amide bonds. The first-order chi connectivity index (χ1) is 16.3. The summed E-state index contributed by atoms with van der Waals surface area (Å²) < 4.78 is 6.98. The highest BCUT2D eigenvalue weighted by Gasteiger charge is 2.36. The molecule has 1 fully saturated rings. The van der Waals surface area contributed by atoms with Crippen LogP contribution in [-0.4, -0.2) is 28.2 Å². The zero-order valence-corrected chi connectivity index (χ0v) is 19.1. The van der Waals surface area contributed by atoms with Gasteiger partial charge in [-0.05, 0) is 42.9 Å². The number of fused-ring (bicyclic) bond motifs is 4. The van der Waals surface area contributed by atoms with Crippen molar-refractivity contribution in [3.8, 4) is 11.3 Å². The van der Waals surface area contributed by atoms with E-state index in [1.54, 1.807) is 11.3 Å². The number of benzene rings is 2. The fourth-order valence-corrected chi connectivity index (χ4v) is 6.66. The van der Waals surface area contributed by atoms with Gasteiger partial charge in [0.25, 0.3) is 0 Å². The first-order valence-corrected chi connectivity index (χ1v) is 12.7. The predicted octanol–water partition coefficient (Wildman–Crippen LogP) is 6.13. The van der Waals surface area contributed by atoms with Crippen LogP contribution in [0.5, 0.6) is 0 Å². The van der Waals surface area contributed by atoms with Crippen molar-refractivity contribution in [2.24, 2.45) is 5.92 Å². The zero-order chi connectivity index (χ0) is 21.8. The first kappa shape index (κ1) is 19.5. The lowest BCUT2D eigenvalue weighted by Gasteiger charge is -2.37. The van der Waals surface area contributed by atoms with Crippen LogP contribution in [0.2, 0.25) is 0 Å². The van der Waals surface area contributed by atoms with E-state index in [1.807, 2.05) is 6.20 Å². The van der Waals surface area contributed by atoms with Crippen LogP contribution in [0.15, 0.2) is 60.1 Å². The number of nitrogens with zero attached hydrogens (tertiary/aromatic N) is 1. The lowest BCUT2D eigenvalue weighted by molar-refractivity contribution is 0.0497. The Bertz CT molecular complexity index is 1440. The van der Waals surface area contributed by atoms with Crippen molar-refractivity contribution in [2.45, 2.75) is 31.3 Å². The maximum absolute atomic E-state index is 5.67. The molecule has 0 spiro atoms. The molecule has 166 valence electrons. The van der Waals surface area contributed by atoms with Crippen LogP contribution in [-0.2, 0) is 11.2 Å². The largest absolute Gasteiger partial charge is 0.381 e. The standard InChI is InChI=1S/C27H26N4OS/c1-3-7-21-17(5-1)19-13-22(30-25(26(19)29-21)16-9-11-32-12-10-16)27-28-14-23(31-27)20-15-33-24-8-4-2-6-18(20)24/h1-8,14-16,22,25,29-30H,9-13H2,(H,28,31)/t22-,25-/m1/s1. The van der Waals surface area contributed by atoms with Crippen molar-refractivity contribution in [1.29, 1.82) is 0 Å². The first-order valence-electron chi connectivity index (χ1n) is 11.8. The molecule has 2 aliphatic rings. The summed E-state index contributed by atoms with van der Waals surface area (Å²) in [5, 5.41) is 8.83. The minimum Gasteiger partial charge on any atom is -0.381 e. The minimum absolute atomic E-state index is 0.156. The van der Waals surface area contributed by atoms with E-state index >= 15 is 0 Å². The van der Waals surface area contributed by atoms with Gasteiger partial charge in [-0.25, -0.2) is 4.98 Å². The molecule has 0 radical (unpaired) electrons. The Morgan fingerprint density at radius 3 is 2.67 bits per heavy atom. The average molecular weight is 455 g/mol. The topological polar surface area (TPSA) is 65.7 Å². The van der Waals surface area contributed by atoms with E-state index in [0.29, 0.717) is 5.92 Å². The molecule has 3 aromatic heterocycles. The highest BCUT2D eigenvalue weighted by Crippen LogP contribution is 2.42. The normalized spacial score (nSPS) is 21.6. The lowest BCUT2D eigenvalue weighted by atomic mass is 9.83. The number of ether oxygens (including phenoxy) is 1. The van der Waals surface area contributed by atoms with Gasteiger partial charge in [0.15, 0.2) is 0 Å². The van der Waals surface area contributed by atoms with Gasteiger partial charge in [-0.3, -0.25) is 5.32 Å². The summed E-state index contributed by atoms with van der Waals surface area (Å²) in [5.41, 5.74) is 6.35. The molecule has 0 bridgehead atoms. The molecule has 1 saturated heterocycles. The highest BCUT2D eigenvalue weighted by molar-refractivity contribution is 7.17. The summed E-state index contributed by atoms with van der Waals surface area (Å²) in [5.74, 6) is 1.58. The Morgan fingerprint density at radius 1 is 0.939 bits per heavy atom. The second kappa shape index (κ2) is 7.83. The van der Waals surface area contributed by atoms with Crippen LogP contribution in [0.3, 0.4) is 0 Å². The Morgan fingerprint density at radius 2 is 1.76 bits per heavy atom. The van der Waals surface area contributed by atoms with Gasteiger partial charge >= 0.3 is 0 Å². The van der Waals surface area contributed by atoms with E-state index in [9.17, 15) is 0 Å². The summed E-state index contributed by atoms with van der Waals surface area (Å²) >= 11 is 1.79. The Kier molecular flexibility index (Phi) is 4.64. The number of aromatic amines is 2. The number of hydrogen-bond acceptors (Lipinski definition) is 4. The smallest absolute Gasteiger partial charge is 0.124 e. The number of hydrogen-bond donors (Lipinski definition) is 3. The van der Waals surface area contributed by atoms with Gasteiger partial charge in [0.2, 0.25) is 0 Å². The molecule has 5 heterocycles. The quantitative estimate of drug-likeness (QED) is 0.307. The molecule has 0 aliphatic carbocycles. The summed E-state index contributed by atoms with van der Waals surface area (Å²) in [6, 6.07) is 17.7. The van der Waals surface area contributed by atoms with Crippen molar-refractivity contribution in [2.75, 3.05) is 13.2 Å². The predicted molar refractivity (Wildman–Crippen MR) is 134 cm³/mol. The van der Waals surface area contributed by atoms with Crippen molar-refractivity contribution in [3.05, 3.63) is 77.2 Å². The Labute approximate surface area is 196 Å². The molecule has 33 heavy (non-hydrogen) atoms. The van der Waals surface area contributed by atoms with Gasteiger partial charge in [-0.2, -0.15) is 0 Å². The number of nitrogens with one attached hydrogen (secondary N) is 3. The summed E-state index contributed by atoms with van der Waals surface area (Å²) in [7, 11) is 0. The molecule has 6 heteroatoms. The van der Waals surface area contributed by atoms with Crippen molar-refractivity contribution in [1.82, 2.24) is 20.3 Å². The fourth-order valence-electron chi connectivity index (χ4n) is 5.70. The molecule has 3 N–H and O–H groups in total. The number of aromatic nitrogens is 3. The van der Waals surface area contributed by atoms with Gasteiger partial charge in [0.1, 0.15) is 5.82 Å². The number of rotatable bonds is 3. The third-order valence-corrected chi connectivity index (χ3v) is 8.34. The van der Waals surface area contributed by atoms with Crippen LogP contribution in [0.4, 0.5) is 0 Å². The van der Waals surface area contributed by atoms with Crippen molar-refractivity contribution >= 4 is 32.3 Å². The highest BCUT2D eigenvalue weighted by atomic mass is 32.1. The summed E-state index contributed by atoms with van der Waals surface area (Å²) in [4.78, 5) is 12.3. The molecule has 5 aromatic rings. The molecular weight excluding hydrogens is 428 g/mol. The van der Waals surface area contributed by atoms with Gasteiger partial charge < -0.3 is 14.7 Å². The molecule has 2 aliphatic heterocycles.